The molecule has 0 aromatic heterocycles. The van der Waals surface area contributed by atoms with Crippen LogP contribution in [0.15, 0.2) is 18.7 Å². The Morgan fingerprint density at radius 2 is 2.00 bits per heavy atom. The number of alkyl halides is 2. The molecule has 0 atom stereocenters. The third kappa shape index (κ3) is 2.38. The molecule has 1 aliphatic carbocycles. The summed E-state index contributed by atoms with van der Waals surface area (Å²) < 4.78 is 32.9. The highest BCUT2D eigenvalue weighted by Gasteiger charge is 2.43. The lowest BCUT2D eigenvalue weighted by atomic mass is 9.93. The van der Waals surface area contributed by atoms with Crippen molar-refractivity contribution in [1.82, 2.24) is 4.90 Å². The molecular weight excluding hydrogens is 288 g/mol. The topological polar surface area (TPSA) is 29.5 Å². The normalized spacial score (nSPS) is 19.4. The molecule has 3 rings (SSSR count). The van der Waals surface area contributed by atoms with E-state index in [1.165, 1.54) is 0 Å². The fraction of sp³-hybridized carbons (Fsp3) is 0.471. The zero-order chi connectivity index (χ0) is 15.9. The third-order valence-electron chi connectivity index (χ3n) is 4.46. The first-order valence-electron chi connectivity index (χ1n) is 7.57. The van der Waals surface area contributed by atoms with Gasteiger partial charge in [-0.15, -0.1) is 0 Å². The summed E-state index contributed by atoms with van der Waals surface area (Å²) in [7, 11) is 0. The Kier molecular flexibility index (Phi) is 3.67. The summed E-state index contributed by atoms with van der Waals surface area (Å²) in [6, 6.07) is 3.69. The number of rotatable bonds is 1. The SMILES string of the molecule is C=C1c2c(ccc3c2CCN(C(=O)OCC)CC3)CC1(F)F. The predicted octanol–water partition coefficient (Wildman–Crippen LogP) is 3.45. The summed E-state index contributed by atoms with van der Waals surface area (Å²) >= 11 is 0. The minimum absolute atomic E-state index is 0.0797. The average Bonchev–Trinajstić information content (AvgIpc) is 2.64. The van der Waals surface area contributed by atoms with Crippen LogP contribution in [0, 0.1) is 0 Å². The molecule has 1 heterocycles. The quantitative estimate of drug-likeness (QED) is 0.795. The molecule has 0 saturated heterocycles. The van der Waals surface area contributed by atoms with E-state index in [4.69, 9.17) is 4.74 Å². The van der Waals surface area contributed by atoms with Gasteiger partial charge in [0, 0.05) is 25.1 Å². The van der Waals surface area contributed by atoms with Gasteiger partial charge in [-0.1, -0.05) is 18.7 Å². The van der Waals surface area contributed by atoms with Crippen LogP contribution in [-0.4, -0.2) is 36.6 Å². The maximum absolute atomic E-state index is 13.9. The second-order valence-electron chi connectivity index (χ2n) is 5.78. The molecule has 1 amide bonds. The van der Waals surface area contributed by atoms with Crippen LogP contribution in [0.4, 0.5) is 13.6 Å². The molecule has 0 spiro atoms. The van der Waals surface area contributed by atoms with Crippen molar-refractivity contribution in [3.63, 3.8) is 0 Å². The number of carbonyl (C=O) groups is 1. The van der Waals surface area contributed by atoms with E-state index in [9.17, 15) is 13.6 Å². The molecular formula is C17H19F2NO2. The number of benzene rings is 1. The van der Waals surface area contributed by atoms with E-state index >= 15 is 0 Å². The summed E-state index contributed by atoms with van der Waals surface area (Å²) in [5.74, 6) is -2.86. The van der Waals surface area contributed by atoms with E-state index in [1.54, 1.807) is 17.9 Å². The molecule has 1 aliphatic heterocycles. The van der Waals surface area contributed by atoms with Crippen molar-refractivity contribution < 1.29 is 18.3 Å². The maximum Gasteiger partial charge on any atom is 0.409 e. The average molecular weight is 307 g/mol. The van der Waals surface area contributed by atoms with Gasteiger partial charge in [0.25, 0.3) is 5.92 Å². The van der Waals surface area contributed by atoms with E-state index in [-0.39, 0.29) is 18.1 Å². The van der Waals surface area contributed by atoms with Crippen LogP contribution in [0.25, 0.3) is 5.57 Å². The van der Waals surface area contributed by atoms with Crippen molar-refractivity contribution in [2.45, 2.75) is 32.1 Å². The Morgan fingerprint density at radius 3 is 2.73 bits per heavy atom. The van der Waals surface area contributed by atoms with Crippen molar-refractivity contribution in [2.24, 2.45) is 0 Å². The Balaban J connectivity index is 1.91. The van der Waals surface area contributed by atoms with E-state index in [0.717, 1.165) is 11.1 Å². The van der Waals surface area contributed by atoms with Gasteiger partial charge >= 0.3 is 6.09 Å². The Labute approximate surface area is 128 Å². The second-order valence-corrected chi connectivity index (χ2v) is 5.78. The molecule has 0 bridgehead atoms. The van der Waals surface area contributed by atoms with Gasteiger partial charge in [0.05, 0.1) is 6.61 Å². The van der Waals surface area contributed by atoms with Crippen molar-refractivity contribution >= 4 is 11.7 Å². The lowest BCUT2D eigenvalue weighted by molar-refractivity contribution is 0.0744. The standard InChI is InChI=1S/C17H19F2NO2/c1-3-22-16(21)20-8-6-12-4-5-13-10-17(18,19)11(2)15(13)14(12)7-9-20/h4-5H,2-3,6-10H2,1H3. The Bertz CT molecular complexity index is 640. The first-order chi connectivity index (χ1) is 10.4. The van der Waals surface area contributed by atoms with Crippen LogP contribution in [0.2, 0.25) is 0 Å². The maximum atomic E-state index is 13.9. The lowest BCUT2D eigenvalue weighted by Crippen LogP contribution is -2.33. The third-order valence-corrected chi connectivity index (χ3v) is 4.46. The summed E-state index contributed by atoms with van der Waals surface area (Å²) in [4.78, 5) is 13.5. The lowest BCUT2D eigenvalue weighted by Gasteiger charge is -2.19. The van der Waals surface area contributed by atoms with Crippen LogP contribution in [0.1, 0.15) is 29.2 Å². The number of hydrogen-bond donors (Lipinski definition) is 0. The molecule has 0 saturated carbocycles. The fourth-order valence-electron chi connectivity index (χ4n) is 3.32. The highest BCUT2D eigenvalue weighted by molar-refractivity contribution is 5.79. The van der Waals surface area contributed by atoms with Crippen molar-refractivity contribution in [1.29, 1.82) is 0 Å². The molecule has 22 heavy (non-hydrogen) atoms. The highest BCUT2D eigenvalue weighted by atomic mass is 19.3. The molecule has 1 aromatic rings. The van der Waals surface area contributed by atoms with Gasteiger partial charge in [0.15, 0.2) is 0 Å². The first-order valence-corrected chi connectivity index (χ1v) is 7.57. The van der Waals surface area contributed by atoms with Crippen molar-refractivity contribution in [3.05, 3.63) is 41.0 Å². The second kappa shape index (κ2) is 5.38. The molecule has 5 heteroatoms. The molecule has 2 aliphatic rings. The van der Waals surface area contributed by atoms with E-state index < -0.39 is 5.92 Å². The van der Waals surface area contributed by atoms with Gasteiger partial charge in [-0.2, -0.15) is 0 Å². The molecule has 1 aromatic carbocycles. The van der Waals surface area contributed by atoms with E-state index in [0.29, 0.717) is 43.7 Å². The smallest absolute Gasteiger partial charge is 0.409 e. The number of nitrogens with zero attached hydrogens (tertiary/aromatic N) is 1. The van der Waals surface area contributed by atoms with Gasteiger partial charge in [-0.3, -0.25) is 0 Å². The predicted molar refractivity (Wildman–Crippen MR) is 80.1 cm³/mol. The number of amides is 1. The molecule has 118 valence electrons. The molecule has 0 radical (unpaired) electrons. The van der Waals surface area contributed by atoms with Gasteiger partial charge in [-0.25, -0.2) is 13.6 Å². The van der Waals surface area contributed by atoms with Gasteiger partial charge in [-0.05, 0) is 42.0 Å². The van der Waals surface area contributed by atoms with Crippen molar-refractivity contribution in [3.8, 4) is 0 Å². The largest absolute Gasteiger partial charge is 0.450 e. The van der Waals surface area contributed by atoms with E-state index in [2.05, 4.69) is 6.58 Å². The Morgan fingerprint density at radius 1 is 1.32 bits per heavy atom. The summed E-state index contributed by atoms with van der Waals surface area (Å²) in [5.41, 5.74) is 3.16. The van der Waals surface area contributed by atoms with Gasteiger partial charge < -0.3 is 9.64 Å². The molecule has 0 unspecified atom stereocenters. The number of fused-ring (bicyclic) bond motifs is 3. The Hall–Kier alpha value is -1.91. The molecule has 0 fully saturated rings. The van der Waals surface area contributed by atoms with Crippen LogP contribution in [0.5, 0.6) is 0 Å². The summed E-state index contributed by atoms with van der Waals surface area (Å²) in [6.45, 7) is 6.75. The van der Waals surface area contributed by atoms with Crippen LogP contribution in [0.3, 0.4) is 0 Å². The van der Waals surface area contributed by atoms with Crippen molar-refractivity contribution in [2.75, 3.05) is 19.7 Å². The highest BCUT2D eigenvalue weighted by Crippen LogP contribution is 2.45. The van der Waals surface area contributed by atoms with E-state index in [1.807, 2.05) is 6.07 Å². The zero-order valence-corrected chi connectivity index (χ0v) is 12.6. The fourth-order valence-corrected chi connectivity index (χ4v) is 3.32. The number of halogens is 2. The summed E-state index contributed by atoms with van der Waals surface area (Å²) in [5, 5.41) is 0. The minimum atomic E-state index is -2.86. The number of carbonyl (C=O) groups excluding carboxylic acids is 1. The molecule has 3 nitrogen and oxygen atoms in total. The summed E-state index contributed by atoms with van der Waals surface area (Å²) in [6.07, 6.45) is 0.610. The van der Waals surface area contributed by atoms with Crippen LogP contribution >= 0.6 is 0 Å². The van der Waals surface area contributed by atoms with Gasteiger partial charge in [0.1, 0.15) is 0 Å². The van der Waals surface area contributed by atoms with Gasteiger partial charge in [0.2, 0.25) is 0 Å². The number of ether oxygens (including phenoxy) is 1. The zero-order valence-electron chi connectivity index (χ0n) is 12.6. The monoisotopic (exact) mass is 307 g/mol. The van der Waals surface area contributed by atoms with Crippen LogP contribution < -0.4 is 0 Å². The minimum Gasteiger partial charge on any atom is -0.450 e. The van der Waals surface area contributed by atoms with Crippen LogP contribution in [-0.2, 0) is 24.0 Å². The first kappa shape index (κ1) is 15.0. The molecule has 0 N–H and O–H groups in total. The number of allylic oxidation sites excluding steroid dienone is 1. The number of hydrogen-bond acceptors (Lipinski definition) is 2.